The molecule has 0 spiro atoms. The monoisotopic (exact) mass is 377 g/mol. The van der Waals surface area contributed by atoms with Crippen molar-refractivity contribution in [3.8, 4) is 29.4 Å². The summed E-state index contributed by atoms with van der Waals surface area (Å²) < 4.78 is 16.3. The van der Waals surface area contributed by atoms with E-state index < -0.39 is 0 Å². The van der Waals surface area contributed by atoms with Gasteiger partial charge in [-0.2, -0.15) is 10.5 Å². The first kappa shape index (κ1) is 20.3. The van der Waals surface area contributed by atoms with Crippen LogP contribution in [-0.2, 0) is 4.79 Å². The molecule has 1 N–H and O–H groups in total. The smallest absolute Gasteiger partial charge is 0.262 e. The van der Waals surface area contributed by atoms with Gasteiger partial charge < -0.3 is 19.5 Å². The molecule has 1 amide bonds. The van der Waals surface area contributed by atoms with Gasteiger partial charge in [0.05, 0.1) is 19.4 Å². The largest absolute Gasteiger partial charge is 0.495 e. The normalized spacial score (nSPS) is 9.43. The molecule has 142 valence electrons. The molecule has 0 radical (unpaired) electrons. The number of para-hydroxylation sites is 2. The van der Waals surface area contributed by atoms with E-state index in [-0.39, 0.29) is 18.1 Å². The topological polar surface area (TPSA) is 104 Å². The van der Waals surface area contributed by atoms with Crippen LogP contribution in [0.3, 0.4) is 0 Å². The van der Waals surface area contributed by atoms with Crippen LogP contribution in [0.25, 0.3) is 6.08 Å². The average Bonchev–Trinajstić information content (AvgIpc) is 2.72. The average molecular weight is 377 g/mol. The lowest BCUT2D eigenvalue weighted by atomic mass is 10.1. The van der Waals surface area contributed by atoms with E-state index in [9.17, 15) is 4.79 Å². The molecule has 0 fully saturated rings. The zero-order chi connectivity index (χ0) is 20.4. The number of carbonyl (C=O) groups excluding carboxylic acids is 1. The first-order chi connectivity index (χ1) is 13.6. The number of allylic oxidation sites excluding steroid dienone is 1. The second-order valence-corrected chi connectivity index (χ2v) is 5.46. The number of ether oxygens (including phenoxy) is 3. The van der Waals surface area contributed by atoms with Gasteiger partial charge in [-0.1, -0.05) is 18.2 Å². The summed E-state index contributed by atoms with van der Waals surface area (Å²) in [4.78, 5) is 12.2. The summed E-state index contributed by atoms with van der Waals surface area (Å²) in [6.07, 6.45) is 1.45. The predicted molar refractivity (Wildman–Crippen MR) is 104 cm³/mol. The number of nitrogens with zero attached hydrogens (tertiary/aromatic N) is 2. The number of hydrogen-bond donors (Lipinski definition) is 1. The molecule has 0 aromatic heterocycles. The third-order valence-corrected chi connectivity index (χ3v) is 3.56. The van der Waals surface area contributed by atoms with Gasteiger partial charge in [0.1, 0.15) is 23.5 Å². The summed E-state index contributed by atoms with van der Waals surface area (Å²) in [5.41, 5.74) is 1.14. The van der Waals surface area contributed by atoms with Gasteiger partial charge >= 0.3 is 0 Å². The minimum atomic E-state index is -0.354. The van der Waals surface area contributed by atoms with Gasteiger partial charge in [0.25, 0.3) is 5.91 Å². The summed E-state index contributed by atoms with van der Waals surface area (Å²) in [6, 6.07) is 15.6. The standard InChI is InChI=1S/C21H19N3O4/c1-3-27-20-11-15(10-16(12-22)13-23)8-9-19(20)28-14-21(25)24-17-6-4-5-7-18(17)26-2/h4-11H,3,14H2,1-2H3,(H,24,25). The number of carbonyl (C=O) groups is 1. The van der Waals surface area contributed by atoms with Crippen molar-refractivity contribution >= 4 is 17.7 Å². The van der Waals surface area contributed by atoms with Crippen LogP contribution in [0, 0.1) is 22.7 Å². The van der Waals surface area contributed by atoms with E-state index in [0.717, 1.165) is 0 Å². The Hall–Kier alpha value is -3.97. The molecule has 0 atom stereocenters. The molecule has 7 nitrogen and oxygen atoms in total. The highest BCUT2D eigenvalue weighted by molar-refractivity contribution is 5.93. The van der Waals surface area contributed by atoms with E-state index >= 15 is 0 Å². The number of hydrogen-bond acceptors (Lipinski definition) is 6. The van der Waals surface area contributed by atoms with Crippen LogP contribution in [0.1, 0.15) is 12.5 Å². The van der Waals surface area contributed by atoms with E-state index in [1.807, 2.05) is 6.92 Å². The Bertz CT molecular complexity index is 939. The molecule has 0 heterocycles. The molecule has 0 saturated heterocycles. The molecule has 28 heavy (non-hydrogen) atoms. The van der Waals surface area contributed by atoms with Crippen molar-refractivity contribution in [1.82, 2.24) is 0 Å². The summed E-state index contributed by atoms with van der Waals surface area (Å²) in [6.45, 7) is 1.98. The lowest BCUT2D eigenvalue weighted by Crippen LogP contribution is -2.20. The van der Waals surface area contributed by atoms with Crippen molar-refractivity contribution in [3.63, 3.8) is 0 Å². The van der Waals surface area contributed by atoms with Crippen LogP contribution < -0.4 is 19.5 Å². The zero-order valence-corrected chi connectivity index (χ0v) is 15.6. The van der Waals surface area contributed by atoms with Crippen molar-refractivity contribution in [3.05, 3.63) is 53.6 Å². The van der Waals surface area contributed by atoms with Gasteiger partial charge in [-0.3, -0.25) is 4.79 Å². The molecule has 2 aromatic carbocycles. The highest BCUT2D eigenvalue weighted by Gasteiger charge is 2.11. The van der Waals surface area contributed by atoms with Crippen molar-refractivity contribution in [2.45, 2.75) is 6.92 Å². The fourth-order valence-electron chi connectivity index (χ4n) is 2.34. The number of anilines is 1. The van der Waals surface area contributed by atoms with E-state index in [4.69, 9.17) is 24.7 Å². The highest BCUT2D eigenvalue weighted by Crippen LogP contribution is 2.29. The molecule has 0 unspecified atom stereocenters. The highest BCUT2D eigenvalue weighted by atomic mass is 16.5. The minimum Gasteiger partial charge on any atom is -0.495 e. The number of rotatable bonds is 8. The SMILES string of the molecule is CCOc1cc(C=C(C#N)C#N)ccc1OCC(=O)Nc1ccccc1OC. The molecule has 2 aromatic rings. The second-order valence-electron chi connectivity index (χ2n) is 5.46. The van der Waals surface area contributed by atoms with Crippen LogP contribution >= 0.6 is 0 Å². The molecule has 0 aliphatic carbocycles. The number of nitriles is 2. The van der Waals surface area contributed by atoms with E-state index in [1.165, 1.54) is 13.2 Å². The molecule has 0 aliphatic rings. The van der Waals surface area contributed by atoms with Crippen molar-refractivity contribution in [1.29, 1.82) is 10.5 Å². The number of methoxy groups -OCH3 is 1. The van der Waals surface area contributed by atoms with Gasteiger partial charge in [-0.15, -0.1) is 0 Å². The number of amides is 1. The number of nitrogens with one attached hydrogen (secondary N) is 1. The summed E-state index contributed by atoms with van der Waals surface area (Å²) >= 11 is 0. The lowest BCUT2D eigenvalue weighted by molar-refractivity contribution is -0.118. The van der Waals surface area contributed by atoms with Gasteiger partial charge in [-0.25, -0.2) is 0 Å². The first-order valence-corrected chi connectivity index (χ1v) is 8.45. The summed E-state index contributed by atoms with van der Waals surface area (Å²) in [5.74, 6) is 0.987. The first-order valence-electron chi connectivity index (χ1n) is 8.45. The van der Waals surface area contributed by atoms with Crippen LogP contribution in [-0.4, -0.2) is 26.2 Å². The molecule has 0 saturated carbocycles. The third-order valence-electron chi connectivity index (χ3n) is 3.56. The fourth-order valence-corrected chi connectivity index (χ4v) is 2.34. The lowest BCUT2D eigenvalue weighted by Gasteiger charge is -2.13. The Balaban J connectivity index is 2.10. The fraction of sp³-hybridized carbons (Fsp3) is 0.190. The van der Waals surface area contributed by atoms with Crippen LogP contribution in [0.5, 0.6) is 17.2 Å². The van der Waals surface area contributed by atoms with E-state index in [2.05, 4.69) is 5.32 Å². The summed E-state index contributed by atoms with van der Waals surface area (Å²) in [7, 11) is 1.52. The predicted octanol–water partition coefficient (Wildman–Crippen LogP) is 3.54. The van der Waals surface area contributed by atoms with Crippen LogP contribution in [0.4, 0.5) is 5.69 Å². The Morgan fingerprint density at radius 1 is 1.07 bits per heavy atom. The quantitative estimate of drug-likeness (QED) is 0.706. The van der Waals surface area contributed by atoms with E-state index in [1.54, 1.807) is 54.6 Å². The van der Waals surface area contributed by atoms with Gasteiger partial charge in [-0.05, 0) is 42.8 Å². The van der Waals surface area contributed by atoms with Gasteiger partial charge in [0.2, 0.25) is 0 Å². The maximum absolute atomic E-state index is 12.2. The van der Waals surface area contributed by atoms with Crippen molar-refractivity contribution < 1.29 is 19.0 Å². The summed E-state index contributed by atoms with van der Waals surface area (Å²) in [5, 5.41) is 20.5. The Kier molecular flexibility index (Phi) is 7.44. The molecule has 0 aliphatic heterocycles. The van der Waals surface area contributed by atoms with Crippen LogP contribution in [0.2, 0.25) is 0 Å². The Morgan fingerprint density at radius 2 is 1.82 bits per heavy atom. The molecule has 0 bridgehead atoms. The Labute approximate surface area is 163 Å². The molecule has 2 rings (SSSR count). The zero-order valence-electron chi connectivity index (χ0n) is 15.6. The molecular weight excluding hydrogens is 358 g/mol. The van der Waals surface area contributed by atoms with E-state index in [0.29, 0.717) is 35.1 Å². The van der Waals surface area contributed by atoms with Crippen LogP contribution in [0.15, 0.2) is 48.0 Å². The second kappa shape index (κ2) is 10.2. The molecular formula is C21H19N3O4. The number of benzene rings is 2. The van der Waals surface area contributed by atoms with Gasteiger partial charge in [0, 0.05) is 0 Å². The Morgan fingerprint density at radius 3 is 2.50 bits per heavy atom. The van der Waals surface area contributed by atoms with Crippen molar-refractivity contribution in [2.75, 3.05) is 25.6 Å². The van der Waals surface area contributed by atoms with Crippen molar-refractivity contribution in [2.24, 2.45) is 0 Å². The van der Waals surface area contributed by atoms with Gasteiger partial charge in [0.15, 0.2) is 18.1 Å². The molecule has 7 heteroatoms. The minimum absolute atomic E-state index is 0.0210. The third kappa shape index (κ3) is 5.52. The maximum Gasteiger partial charge on any atom is 0.262 e. The maximum atomic E-state index is 12.2.